The Hall–Kier alpha value is -1.63. The van der Waals surface area contributed by atoms with Crippen LogP contribution in [0.25, 0.3) is 0 Å². The van der Waals surface area contributed by atoms with Crippen molar-refractivity contribution in [3.8, 4) is 0 Å². The van der Waals surface area contributed by atoms with E-state index in [0.29, 0.717) is 24.3 Å². The molecule has 0 spiro atoms. The van der Waals surface area contributed by atoms with Gasteiger partial charge in [0.25, 0.3) is 0 Å². The largest absolute Gasteiger partial charge is 0.396 e. The molecule has 4 aliphatic heterocycles. The van der Waals surface area contributed by atoms with E-state index in [0.717, 1.165) is 49.7 Å². The number of rotatable bonds is 14. The predicted molar refractivity (Wildman–Crippen MR) is 175 cm³/mol. The lowest BCUT2D eigenvalue weighted by Crippen LogP contribution is -2.40. The molecule has 0 bridgehead atoms. The molecule has 4 heterocycles. The predicted octanol–water partition coefficient (Wildman–Crippen LogP) is 5.41. The van der Waals surface area contributed by atoms with Crippen molar-refractivity contribution in [2.24, 2.45) is 11.8 Å². The Bertz CT molecular complexity index is 1280. The van der Waals surface area contributed by atoms with Crippen LogP contribution in [0.4, 0.5) is 0 Å². The van der Waals surface area contributed by atoms with Crippen LogP contribution in [-0.4, -0.2) is 94.2 Å². The Balaban J connectivity index is 1.29. The third-order valence-electron chi connectivity index (χ3n) is 10.2. The van der Waals surface area contributed by atoms with Gasteiger partial charge in [0.05, 0.1) is 66.1 Å². The third-order valence-corrected chi connectivity index (χ3v) is 12.0. The highest BCUT2D eigenvalue weighted by molar-refractivity contribution is 7.91. The summed E-state index contributed by atoms with van der Waals surface area (Å²) in [6.07, 6.45) is 4.48. The van der Waals surface area contributed by atoms with E-state index in [-0.39, 0.29) is 54.9 Å². The van der Waals surface area contributed by atoms with Gasteiger partial charge in [-0.2, -0.15) is 0 Å². The minimum absolute atomic E-state index is 0.00639. The number of aliphatic hydroxyl groups is 1. The number of hydrogen-bond acceptors (Lipinski definition) is 9. The fourth-order valence-electron chi connectivity index (χ4n) is 7.70. The fourth-order valence-corrected chi connectivity index (χ4v) is 9.37. The SMILES string of the molecule is C=C1C[C@H](CCCO)O[C@H]1CC[C@H]1C[C@@H](C)C(=C)[C@@H](C[C@@H]2O[C@H](C[C@H]3COC(C)(C)O3)[C@H](OC)C2CS(=O)(=O)c2ccccc2)O1. The maximum atomic E-state index is 13.7. The van der Waals surface area contributed by atoms with Crippen LogP contribution in [0.2, 0.25) is 0 Å². The third kappa shape index (κ3) is 8.69. The molecule has 1 N–H and O–H groups in total. The Morgan fingerprint density at radius 3 is 2.37 bits per heavy atom. The molecule has 10 heteroatoms. The Morgan fingerprint density at radius 1 is 0.957 bits per heavy atom. The zero-order chi connectivity index (χ0) is 33.1. The van der Waals surface area contributed by atoms with Crippen molar-refractivity contribution in [2.45, 2.75) is 132 Å². The van der Waals surface area contributed by atoms with Crippen LogP contribution in [-0.2, 0) is 38.3 Å². The smallest absolute Gasteiger partial charge is 0.178 e. The monoisotopic (exact) mass is 662 g/mol. The first-order valence-corrected chi connectivity index (χ1v) is 18.6. The van der Waals surface area contributed by atoms with Crippen molar-refractivity contribution >= 4 is 9.84 Å². The van der Waals surface area contributed by atoms with Crippen LogP contribution in [0, 0.1) is 11.8 Å². The van der Waals surface area contributed by atoms with E-state index >= 15 is 0 Å². The number of sulfone groups is 1. The zero-order valence-corrected chi connectivity index (χ0v) is 28.8. The van der Waals surface area contributed by atoms with Gasteiger partial charge in [-0.1, -0.05) is 38.3 Å². The highest BCUT2D eigenvalue weighted by Crippen LogP contribution is 2.42. The van der Waals surface area contributed by atoms with Crippen LogP contribution in [0.1, 0.15) is 72.1 Å². The van der Waals surface area contributed by atoms with Crippen LogP contribution in [0.15, 0.2) is 59.5 Å². The number of methoxy groups -OCH3 is 1. The van der Waals surface area contributed by atoms with E-state index < -0.39 is 33.8 Å². The molecule has 4 aliphatic rings. The standard InChI is InChI=1S/C36H54O9S/c1-23-17-27(14-15-31-24(2)18-26(42-31)11-10-16-37)43-32(25(23)3)20-33-30(22-46(38,39)29-12-8-7-9-13-29)35(40-6)34(44-33)19-28-21-41-36(4,5)45-28/h7-9,12-13,23,26-28,30-35,37H,2-3,10-11,14-22H2,1,4-6H3/t23-,26+,27+,28+,30?,31+,32-,33+,34-,35-/m1/s1. The second kappa shape index (κ2) is 15.3. The summed E-state index contributed by atoms with van der Waals surface area (Å²) in [6, 6.07) is 8.58. The maximum Gasteiger partial charge on any atom is 0.178 e. The minimum Gasteiger partial charge on any atom is -0.396 e. The Labute approximate surface area is 275 Å². The van der Waals surface area contributed by atoms with Gasteiger partial charge in [-0.3, -0.25) is 0 Å². The summed E-state index contributed by atoms with van der Waals surface area (Å²) >= 11 is 0. The maximum absolute atomic E-state index is 13.7. The van der Waals surface area contributed by atoms with Gasteiger partial charge in [-0.15, -0.1) is 0 Å². The van der Waals surface area contributed by atoms with Gasteiger partial charge in [-0.05, 0) is 81.6 Å². The molecular weight excluding hydrogens is 608 g/mol. The van der Waals surface area contributed by atoms with E-state index in [4.69, 9.17) is 28.4 Å². The first-order chi connectivity index (χ1) is 21.9. The summed E-state index contributed by atoms with van der Waals surface area (Å²) < 4.78 is 65.0. The van der Waals surface area contributed by atoms with Crippen molar-refractivity contribution in [1.29, 1.82) is 0 Å². The van der Waals surface area contributed by atoms with Gasteiger partial charge in [0.1, 0.15) is 0 Å². The molecule has 5 rings (SSSR count). The van der Waals surface area contributed by atoms with Crippen molar-refractivity contribution in [3.05, 3.63) is 54.6 Å². The summed E-state index contributed by atoms with van der Waals surface area (Å²) in [6.45, 7) is 15.3. The van der Waals surface area contributed by atoms with Gasteiger partial charge in [0, 0.05) is 32.5 Å². The Morgan fingerprint density at radius 2 is 1.70 bits per heavy atom. The molecule has 0 radical (unpaired) electrons. The van der Waals surface area contributed by atoms with Gasteiger partial charge >= 0.3 is 0 Å². The normalized spacial score (nSPS) is 36.5. The zero-order valence-electron chi connectivity index (χ0n) is 28.0. The molecule has 0 saturated carbocycles. The second-order valence-corrected chi connectivity index (χ2v) is 16.1. The lowest BCUT2D eigenvalue weighted by atomic mass is 9.83. The van der Waals surface area contributed by atoms with Gasteiger partial charge < -0.3 is 33.5 Å². The van der Waals surface area contributed by atoms with Crippen molar-refractivity contribution in [3.63, 3.8) is 0 Å². The lowest BCUT2D eigenvalue weighted by Gasteiger charge is -2.38. The van der Waals surface area contributed by atoms with Gasteiger partial charge in [0.2, 0.25) is 0 Å². The average molecular weight is 663 g/mol. The van der Waals surface area contributed by atoms with Crippen molar-refractivity contribution in [1.82, 2.24) is 0 Å². The van der Waals surface area contributed by atoms with E-state index in [9.17, 15) is 13.5 Å². The highest BCUT2D eigenvalue weighted by Gasteiger charge is 2.50. The molecule has 4 saturated heterocycles. The van der Waals surface area contributed by atoms with E-state index in [1.165, 1.54) is 0 Å². The molecule has 258 valence electrons. The number of aliphatic hydroxyl groups excluding tert-OH is 1. The van der Waals surface area contributed by atoms with Crippen molar-refractivity contribution in [2.75, 3.05) is 26.1 Å². The first kappa shape index (κ1) is 35.7. The summed E-state index contributed by atoms with van der Waals surface area (Å²) in [7, 11) is -1.99. The van der Waals surface area contributed by atoms with Crippen molar-refractivity contribution < 1.29 is 41.9 Å². The van der Waals surface area contributed by atoms with E-state index in [1.807, 2.05) is 19.9 Å². The molecule has 46 heavy (non-hydrogen) atoms. The van der Waals surface area contributed by atoms with Gasteiger partial charge in [0.15, 0.2) is 15.6 Å². The van der Waals surface area contributed by atoms with E-state index in [2.05, 4.69) is 20.1 Å². The molecule has 0 aromatic heterocycles. The second-order valence-electron chi connectivity index (χ2n) is 14.1. The number of ether oxygens (including phenoxy) is 6. The highest BCUT2D eigenvalue weighted by atomic mass is 32.2. The first-order valence-electron chi connectivity index (χ1n) is 16.9. The minimum atomic E-state index is -3.61. The molecule has 1 aromatic rings. The molecule has 0 amide bonds. The Kier molecular flexibility index (Phi) is 11.9. The fraction of sp³-hybridized carbons (Fsp3) is 0.722. The van der Waals surface area contributed by atoms with Crippen LogP contribution < -0.4 is 0 Å². The molecule has 1 aromatic carbocycles. The quantitative estimate of drug-likeness (QED) is 0.262. The van der Waals surface area contributed by atoms with E-state index in [1.54, 1.807) is 31.4 Å². The lowest BCUT2D eigenvalue weighted by molar-refractivity contribution is -0.144. The molecule has 10 atom stereocenters. The summed E-state index contributed by atoms with van der Waals surface area (Å²) in [4.78, 5) is 0.294. The molecule has 0 aliphatic carbocycles. The topological polar surface area (TPSA) is 110 Å². The number of hydrogen-bond donors (Lipinski definition) is 1. The summed E-state index contributed by atoms with van der Waals surface area (Å²) in [5.74, 6) is -0.923. The van der Waals surface area contributed by atoms with Crippen LogP contribution in [0.3, 0.4) is 0 Å². The molecule has 1 unspecified atom stereocenters. The van der Waals surface area contributed by atoms with Crippen LogP contribution in [0.5, 0.6) is 0 Å². The molecule has 4 fully saturated rings. The number of benzene rings is 1. The average Bonchev–Trinajstić information content (AvgIpc) is 3.66. The van der Waals surface area contributed by atoms with Crippen LogP contribution >= 0.6 is 0 Å². The van der Waals surface area contributed by atoms with Gasteiger partial charge in [-0.25, -0.2) is 8.42 Å². The summed E-state index contributed by atoms with van der Waals surface area (Å²) in [5, 5.41) is 9.20. The summed E-state index contributed by atoms with van der Waals surface area (Å²) in [5.41, 5.74) is 2.13. The molecular formula is C36H54O9S. The molecule has 9 nitrogen and oxygen atoms in total.